The molecule has 6 heteroatoms. The number of hydrogen-bond acceptors (Lipinski definition) is 3. The van der Waals surface area contributed by atoms with Gasteiger partial charge in [-0.25, -0.2) is 4.39 Å². The number of hydrogen-bond donors (Lipinski definition) is 1. The van der Waals surface area contributed by atoms with Gasteiger partial charge in [0.25, 0.3) is 0 Å². The molecule has 4 nitrogen and oxygen atoms in total. The van der Waals surface area contributed by atoms with Crippen molar-refractivity contribution in [2.45, 2.75) is 70.8 Å². The number of aliphatic hydroxyl groups is 1. The van der Waals surface area contributed by atoms with Crippen LogP contribution in [-0.4, -0.2) is 59.6 Å². The molecule has 0 radical (unpaired) electrons. The highest BCUT2D eigenvalue weighted by Crippen LogP contribution is 2.31. The van der Waals surface area contributed by atoms with Crippen molar-refractivity contribution in [3.63, 3.8) is 0 Å². The van der Waals surface area contributed by atoms with E-state index in [4.69, 9.17) is 5.11 Å². The van der Waals surface area contributed by atoms with Gasteiger partial charge in [-0.1, -0.05) is 15.9 Å². The molecule has 2 fully saturated rings. The van der Waals surface area contributed by atoms with Crippen molar-refractivity contribution in [2.24, 2.45) is 11.8 Å². The van der Waals surface area contributed by atoms with Crippen LogP contribution >= 0.6 is 15.9 Å². The number of carbonyl (C=O) groups excluding carboxylic acids is 1. The molecule has 1 aliphatic carbocycles. The first-order valence-electron chi connectivity index (χ1n) is 12.1. The Morgan fingerprint density at radius 3 is 2.52 bits per heavy atom. The Morgan fingerprint density at radius 1 is 1.16 bits per heavy atom. The molecule has 1 amide bonds. The molecule has 2 aliphatic rings. The molecule has 0 spiro atoms. The number of rotatable bonds is 9. The highest BCUT2D eigenvalue weighted by Gasteiger charge is 2.27. The molecular weight excluding hydrogens is 459 g/mol. The number of aliphatic hydroxyl groups excluding tert-OH is 1. The van der Waals surface area contributed by atoms with Gasteiger partial charge in [0, 0.05) is 17.1 Å². The average molecular weight is 497 g/mol. The zero-order chi connectivity index (χ0) is 22.2. The van der Waals surface area contributed by atoms with E-state index in [0.717, 1.165) is 48.3 Å². The number of nitrogens with zero attached hydrogens (tertiary/aromatic N) is 2. The van der Waals surface area contributed by atoms with Gasteiger partial charge in [0.15, 0.2) is 0 Å². The van der Waals surface area contributed by atoms with Crippen molar-refractivity contribution >= 4 is 21.8 Å². The maximum absolute atomic E-state index is 13.5. The lowest BCUT2D eigenvalue weighted by Crippen LogP contribution is -2.43. The fraction of sp³-hybridized carbons (Fsp3) is 0.720. The van der Waals surface area contributed by atoms with E-state index in [1.54, 1.807) is 6.07 Å². The summed E-state index contributed by atoms with van der Waals surface area (Å²) in [6.07, 6.45) is 10.4. The van der Waals surface area contributed by atoms with Crippen molar-refractivity contribution in [1.82, 2.24) is 9.80 Å². The summed E-state index contributed by atoms with van der Waals surface area (Å²) >= 11 is 3.56. The highest BCUT2D eigenvalue weighted by molar-refractivity contribution is 9.10. The number of halogens is 2. The van der Waals surface area contributed by atoms with Crippen LogP contribution in [0.15, 0.2) is 22.7 Å². The van der Waals surface area contributed by atoms with Gasteiger partial charge in [0.2, 0.25) is 5.91 Å². The lowest BCUT2D eigenvalue weighted by Gasteiger charge is -2.36. The normalized spacial score (nSPS) is 23.1. The molecule has 1 N–H and O–H groups in total. The number of amides is 1. The minimum absolute atomic E-state index is 0.126. The van der Waals surface area contributed by atoms with Crippen molar-refractivity contribution in [3.8, 4) is 0 Å². The average Bonchev–Trinajstić information content (AvgIpc) is 2.79. The van der Waals surface area contributed by atoms with Crippen LogP contribution in [0.5, 0.6) is 0 Å². The summed E-state index contributed by atoms with van der Waals surface area (Å²) in [5.41, 5.74) is 1.09. The number of likely N-dealkylation sites (tertiary alicyclic amines) is 1. The van der Waals surface area contributed by atoms with Crippen LogP contribution in [0.1, 0.15) is 63.9 Å². The Bertz CT molecular complexity index is 701. The second-order valence-corrected chi connectivity index (χ2v) is 10.2. The molecule has 1 saturated heterocycles. The third-order valence-corrected chi connectivity index (χ3v) is 8.14. The van der Waals surface area contributed by atoms with Crippen LogP contribution in [0.4, 0.5) is 4.39 Å². The van der Waals surface area contributed by atoms with Crippen molar-refractivity contribution < 1.29 is 14.3 Å². The van der Waals surface area contributed by atoms with Crippen molar-refractivity contribution in [2.75, 3.05) is 32.8 Å². The molecule has 1 saturated carbocycles. The Kier molecular flexibility index (Phi) is 9.79. The number of carbonyl (C=O) groups is 1. The van der Waals surface area contributed by atoms with Gasteiger partial charge < -0.3 is 14.9 Å². The molecule has 0 aromatic heterocycles. The quantitative estimate of drug-likeness (QED) is 0.521. The van der Waals surface area contributed by atoms with Crippen LogP contribution in [-0.2, 0) is 11.2 Å². The third-order valence-electron chi connectivity index (χ3n) is 7.36. The zero-order valence-electron chi connectivity index (χ0n) is 18.9. The Balaban J connectivity index is 1.31. The monoisotopic (exact) mass is 496 g/mol. The largest absolute Gasteiger partial charge is 0.387 e. The number of piperidine rings is 1. The maximum atomic E-state index is 13.5. The number of benzene rings is 1. The first-order chi connectivity index (χ1) is 15.0. The maximum Gasteiger partial charge on any atom is 0.248 e. The van der Waals surface area contributed by atoms with Gasteiger partial charge in [-0.3, -0.25) is 4.79 Å². The summed E-state index contributed by atoms with van der Waals surface area (Å²) in [7, 11) is 0. The predicted molar refractivity (Wildman–Crippen MR) is 126 cm³/mol. The van der Waals surface area contributed by atoms with E-state index in [-0.39, 0.29) is 18.3 Å². The van der Waals surface area contributed by atoms with Gasteiger partial charge in [-0.05, 0) is 120 Å². The van der Waals surface area contributed by atoms with Crippen LogP contribution in [0.2, 0.25) is 0 Å². The molecule has 1 aromatic rings. The van der Waals surface area contributed by atoms with E-state index < -0.39 is 0 Å². The van der Waals surface area contributed by atoms with Gasteiger partial charge >= 0.3 is 0 Å². The first kappa shape index (κ1) is 24.7. The Labute approximate surface area is 195 Å². The van der Waals surface area contributed by atoms with Gasteiger partial charge in [0.1, 0.15) is 12.4 Å². The third kappa shape index (κ3) is 7.26. The van der Waals surface area contributed by atoms with E-state index in [1.165, 1.54) is 51.1 Å². The van der Waals surface area contributed by atoms with Gasteiger partial charge in [0.05, 0.1) is 0 Å². The summed E-state index contributed by atoms with van der Waals surface area (Å²) in [5, 5.41) is 9.16. The smallest absolute Gasteiger partial charge is 0.248 e. The summed E-state index contributed by atoms with van der Waals surface area (Å²) in [5.74, 6) is 1.15. The fourth-order valence-electron chi connectivity index (χ4n) is 5.50. The summed E-state index contributed by atoms with van der Waals surface area (Å²) in [6.45, 7) is 5.81. The van der Waals surface area contributed by atoms with Crippen molar-refractivity contribution in [1.29, 1.82) is 0 Å². The molecular formula is C25H38BrFN2O2. The molecule has 0 unspecified atom stereocenters. The summed E-state index contributed by atoms with van der Waals surface area (Å²) in [6, 6.07) is 5.32. The van der Waals surface area contributed by atoms with Crippen molar-refractivity contribution in [3.05, 3.63) is 34.1 Å². The first-order valence-corrected chi connectivity index (χ1v) is 12.9. The molecule has 1 aliphatic heterocycles. The summed E-state index contributed by atoms with van der Waals surface area (Å²) < 4.78 is 14.6. The second kappa shape index (κ2) is 12.3. The summed E-state index contributed by atoms with van der Waals surface area (Å²) in [4.78, 5) is 16.3. The van der Waals surface area contributed by atoms with E-state index in [1.807, 2.05) is 17.9 Å². The lowest BCUT2D eigenvalue weighted by atomic mass is 9.82. The Hall–Kier alpha value is -0.980. The van der Waals surface area contributed by atoms with E-state index >= 15 is 0 Å². The molecule has 0 atom stereocenters. The SMILES string of the molecule is CCN(C(=O)CO)C1CCC(CCCN2CCC(Cc3cc(F)ccc3Br)CC2)CC1. The molecule has 3 rings (SSSR count). The highest BCUT2D eigenvalue weighted by atomic mass is 79.9. The molecule has 174 valence electrons. The van der Waals surface area contributed by atoms with E-state index in [2.05, 4.69) is 20.8 Å². The van der Waals surface area contributed by atoms with Gasteiger partial charge in [-0.2, -0.15) is 0 Å². The molecule has 1 aromatic carbocycles. The van der Waals surface area contributed by atoms with Crippen LogP contribution in [0.25, 0.3) is 0 Å². The topological polar surface area (TPSA) is 43.8 Å². The fourth-order valence-corrected chi connectivity index (χ4v) is 5.91. The lowest BCUT2D eigenvalue weighted by molar-refractivity contribution is -0.137. The van der Waals surface area contributed by atoms with Crippen LogP contribution in [0.3, 0.4) is 0 Å². The van der Waals surface area contributed by atoms with E-state index in [0.29, 0.717) is 18.5 Å². The van der Waals surface area contributed by atoms with Crippen LogP contribution in [0, 0.1) is 17.7 Å². The molecule has 0 bridgehead atoms. The minimum atomic E-state index is -0.371. The van der Waals surface area contributed by atoms with Crippen LogP contribution < -0.4 is 0 Å². The van der Waals surface area contributed by atoms with Gasteiger partial charge in [-0.15, -0.1) is 0 Å². The molecule has 1 heterocycles. The van der Waals surface area contributed by atoms with E-state index in [9.17, 15) is 9.18 Å². The molecule has 31 heavy (non-hydrogen) atoms. The minimum Gasteiger partial charge on any atom is -0.387 e. The predicted octanol–water partition coefficient (Wildman–Crippen LogP) is 5.02. The number of likely N-dealkylation sites (N-methyl/N-ethyl adjacent to an activating group) is 1. The standard InChI is InChI=1S/C25H38BrFN2O2/c1-2-29(25(31)18-30)23-8-5-19(6-9-23)4-3-13-28-14-11-20(12-15-28)16-21-17-22(27)7-10-24(21)26/h7,10,17,19-20,23,30H,2-6,8-9,11-16,18H2,1H3. The Morgan fingerprint density at radius 2 is 1.87 bits per heavy atom. The zero-order valence-corrected chi connectivity index (χ0v) is 20.5. The second-order valence-electron chi connectivity index (χ2n) is 9.38.